The molecule has 0 amide bonds. The summed E-state index contributed by atoms with van der Waals surface area (Å²) in [4.78, 5) is 45.9. The third-order valence-corrected chi connectivity index (χ3v) is 5.26. The van der Waals surface area contributed by atoms with Crippen LogP contribution < -0.4 is 0 Å². The first-order valence-electron chi connectivity index (χ1n) is 7.49. The van der Waals surface area contributed by atoms with Crippen LogP contribution in [-0.2, 0) is 38.1 Å². The van der Waals surface area contributed by atoms with Crippen LogP contribution in [0.25, 0.3) is 0 Å². The lowest BCUT2D eigenvalue weighted by Crippen LogP contribution is -2.60. The zero-order valence-corrected chi connectivity index (χ0v) is 16.3. The van der Waals surface area contributed by atoms with Gasteiger partial charge in [-0.2, -0.15) is 0 Å². The molecule has 10 heteroatoms. The summed E-state index contributed by atoms with van der Waals surface area (Å²) >= 11 is 1.94. The Morgan fingerprint density at radius 2 is 1.48 bits per heavy atom. The second-order valence-electron chi connectivity index (χ2n) is 5.30. The molecule has 0 aromatic carbocycles. The minimum atomic E-state index is -1.03. The molecule has 0 aromatic heterocycles. The molecule has 0 aliphatic carbocycles. The summed E-state index contributed by atoms with van der Waals surface area (Å²) in [7, 11) is 1.36. The Bertz CT molecular complexity index is 524. The Balaban J connectivity index is 3.18. The van der Waals surface area contributed by atoms with E-state index in [9.17, 15) is 19.2 Å². The predicted octanol–water partition coefficient (Wildman–Crippen LogP) is 1.15. The first-order chi connectivity index (χ1) is 11.6. The highest BCUT2D eigenvalue weighted by molar-refractivity contribution is 8.14. The van der Waals surface area contributed by atoms with E-state index in [-0.39, 0.29) is 16.0 Å². The van der Waals surface area contributed by atoms with Crippen molar-refractivity contribution in [3.63, 3.8) is 0 Å². The molecular formula is C15H22O8S2. The summed E-state index contributed by atoms with van der Waals surface area (Å²) in [5, 5.41) is -0.986. The highest BCUT2D eigenvalue weighted by Gasteiger charge is 2.50. The molecule has 0 spiro atoms. The van der Waals surface area contributed by atoms with Crippen molar-refractivity contribution >= 4 is 45.7 Å². The van der Waals surface area contributed by atoms with Gasteiger partial charge < -0.3 is 18.9 Å². The Morgan fingerprint density at radius 3 is 1.92 bits per heavy atom. The van der Waals surface area contributed by atoms with E-state index >= 15 is 0 Å². The van der Waals surface area contributed by atoms with E-state index in [0.29, 0.717) is 0 Å². The minimum absolute atomic E-state index is 0.115. The van der Waals surface area contributed by atoms with Gasteiger partial charge in [-0.05, 0) is 0 Å². The number of hydrogen-bond donors (Lipinski definition) is 0. The van der Waals surface area contributed by atoms with Crippen molar-refractivity contribution in [1.82, 2.24) is 0 Å². The van der Waals surface area contributed by atoms with Crippen LogP contribution in [0.3, 0.4) is 0 Å². The van der Waals surface area contributed by atoms with Gasteiger partial charge in [-0.15, -0.1) is 0 Å². The summed E-state index contributed by atoms with van der Waals surface area (Å²) in [6.07, 6.45) is -3.59. The molecular weight excluding hydrogens is 372 g/mol. The summed E-state index contributed by atoms with van der Waals surface area (Å²) in [6, 6.07) is 0. The fraction of sp³-hybridized carbons (Fsp3) is 0.733. The van der Waals surface area contributed by atoms with Crippen molar-refractivity contribution in [2.75, 3.05) is 12.9 Å². The molecule has 0 radical (unpaired) electrons. The topological polar surface area (TPSA) is 105 Å². The number of carbonyl (C=O) groups is 4. The van der Waals surface area contributed by atoms with Gasteiger partial charge in [0.15, 0.2) is 28.7 Å². The average molecular weight is 394 g/mol. The third-order valence-electron chi connectivity index (χ3n) is 3.18. The number of hydrogen-bond acceptors (Lipinski definition) is 10. The van der Waals surface area contributed by atoms with Gasteiger partial charge in [-0.25, -0.2) is 0 Å². The van der Waals surface area contributed by atoms with Crippen molar-refractivity contribution in [3.8, 4) is 0 Å². The number of rotatable bonds is 6. The molecule has 0 bridgehead atoms. The maximum Gasteiger partial charge on any atom is 0.303 e. The minimum Gasteiger partial charge on any atom is -0.457 e. The smallest absolute Gasteiger partial charge is 0.303 e. The molecule has 1 fully saturated rings. The van der Waals surface area contributed by atoms with E-state index in [0.717, 1.165) is 23.5 Å². The second-order valence-corrected chi connectivity index (χ2v) is 7.86. The molecule has 0 unspecified atom stereocenters. The quantitative estimate of drug-likeness (QED) is 0.609. The molecule has 5 atom stereocenters. The molecule has 142 valence electrons. The summed E-state index contributed by atoms with van der Waals surface area (Å²) in [6.45, 7) is 5.22. The van der Waals surface area contributed by atoms with Crippen LogP contribution in [0.15, 0.2) is 0 Å². The van der Waals surface area contributed by atoms with E-state index < -0.39 is 41.8 Å². The highest BCUT2D eigenvalue weighted by atomic mass is 32.2. The third kappa shape index (κ3) is 6.96. The molecule has 8 nitrogen and oxygen atoms in total. The van der Waals surface area contributed by atoms with Gasteiger partial charge in [0.25, 0.3) is 0 Å². The van der Waals surface area contributed by atoms with E-state index in [1.165, 1.54) is 34.8 Å². The van der Waals surface area contributed by atoms with Crippen LogP contribution in [0.4, 0.5) is 0 Å². The lowest BCUT2D eigenvalue weighted by atomic mass is 10.0. The monoisotopic (exact) mass is 394 g/mol. The summed E-state index contributed by atoms with van der Waals surface area (Å²) in [5.41, 5.74) is 0. The lowest BCUT2D eigenvalue weighted by molar-refractivity contribution is -0.261. The summed E-state index contributed by atoms with van der Waals surface area (Å²) in [5.74, 6) is -0.952. The number of esters is 2. The molecule has 0 aromatic rings. The zero-order valence-electron chi connectivity index (χ0n) is 14.7. The van der Waals surface area contributed by atoms with Gasteiger partial charge in [-0.3, -0.25) is 19.2 Å². The molecule has 1 aliphatic rings. The van der Waals surface area contributed by atoms with Gasteiger partial charge in [-0.1, -0.05) is 23.5 Å². The summed E-state index contributed by atoms with van der Waals surface area (Å²) < 4.78 is 21.6. The lowest BCUT2D eigenvalue weighted by Gasteiger charge is -2.44. The molecule has 0 N–H and O–H groups in total. The SMILES string of the molecule is CO[C@H]1O[C@H](CSC(C)=O)[C@H](SC(C)=O)[C@H](OC(C)=O)[C@H]1OC(C)=O. The van der Waals surface area contributed by atoms with Crippen LogP contribution in [0.1, 0.15) is 27.7 Å². The van der Waals surface area contributed by atoms with Crippen molar-refractivity contribution < 1.29 is 38.1 Å². The van der Waals surface area contributed by atoms with Crippen LogP contribution >= 0.6 is 23.5 Å². The number of methoxy groups -OCH3 is 1. The number of thioether (sulfide) groups is 2. The molecule has 1 rings (SSSR count). The average Bonchev–Trinajstić information content (AvgIpc) is 2.48. The van der Waals surface area contributed by atoms with Gasteiger partial charge >= 0.3 is 11.9 Å². The number of ether oxygens (including phenoxy) is 4. The van der Waals surface area contributed by atoms with Crippen LogP contribution in [0.2, 0.25) is 0 Å². The van der Waals surface area contributed by atoms with Crippen LogP contribution in [0, 0.1) is 0 Å². The Kier molecular flexibility index (Phi) is 8.91. The van der Waals surface area contributed by atoms with E-state index in [1.807, 2.05) is 0 Å². The van der Waals surface area contributed by atoms with Gasteiger partial charge in [0, 0.05) is 40.6 Å². The fourth-order valence-electron chi connectivity index (χ4n) is 2.38. The Morgan fingerprint density at radius 1 is 0.920 bits per heavy atom. The molecule has 25 heavy (non-hydrogen) atoms. The standard InChI is InChI=1S/C15H22O8S2/c1-7(16)21-12-13(22-8(2)17)15(20-5)23-11(6-24-9(3)18)14(12)25-10(4)19/h11-15H,6H2,1-5H3/t11-,12-,13-,14+,15+/m1/s1. The Labute approximate surface area is 154 Å². The van der Waals surface area contributed by atoms with Crippen LogP contribution in [0.5, 0.6) is 0 Å². The number of carbonyl (C=O) groups excluding carboxylic acids is 4. The van der Waals surface area contributed by atoms with Crippen molar-refractivity contribution in [2.45, 2.75) is 57.5 Å². The molecule has 0 saturated carbocycles. The largest absolute Gasteiger partial charge is 0.457 e. The molecule has 1 saturated heterocycles. The highest BCUT2D eigenvalue weighted by Crippen LogP contribution is 2.36. The van der Waals surface area contributed by atoms with Crippen LogP contribution in [-0.4, -0.2) is 64.9 Å². The van der Waals surface area contributed by atoms with E-state index in [2.05, 4.69) is 0 Å². The molecule has 1 heterocycles. The first kappa shape index (κ1) is 21.9. The Hall–Kier alpha value is -1.10. The van der Waals surface area contributed by atoms with E-state index in [4.69, 9.17) is 18.9 Å². The van der Waals surface area contributed by atoms with Gasteiger partial charge in [0.2, 0.25) is 0 Å². The predicted molar refractivity (Wildman–Crippen MR) is 92.0 cm³/mol. The second kappa shape index (κ2) is 10.1. The first-order valence-corrected chi connectivity index (χ1v) is 9.35. The zero-order chi connectivity index (χ0) is 19.1. The normalized spacial score (nSPS) is 28.9. The van der Waals surface area contributed by atoms with E-state index in [1.54, 1.807) is 0 Å². The van der Waals surface area contributed by atoms with Gasteiger partial charge in [0.1, 0.15) is 0 Å². The maximum atomic E-state index is 11.7. The molecule has 1 aliphatic heterocycles. The maximum absolute atomic E-state index is 11.7. The van der Waals surface area contributed by atoms with Crippen molar-refractivity contribution in [1.29, 1.82) is 0 Å². The van der Waals surface area contributed by atoms with Crippen molar-refractivity contribution in [3.05, 3.63) is 0 Å². The fourth-order valence-corrected chi connectivity index (χ4v) is 4.23. The van der Waals surface area contributed by atoms with Crippen molar-refractivity contribution in [2.24, 2.45) is 0 Å². The van der Waals surface area contributed by atoms with Gasteiger partial charge in [0.05, 0.1) is 11.4 Å².